The molecule has 0 spiro atoms. The van der Waals surface area contributed by atoms with Gasteiger partial charge in [-0.05, 0) is 13.3 Å². The first-order valence-corrected chi connectivity index (χ1v) is 4.38. The van der Waals surface area contributed by atoms with Crippen molar-refractivity contribution in [1.82, 2.24) is 10.3 Å². The van der Waals surface area contributed by atoms with E-state index < -0.39 is 0 Å². The summed E-state index contributed by atoms with van der Waals surface area (Å²) in [5.74, 6) is 0.289. The number of rotatable bonds is 5. The van der Waals surface area contributed by atoms with E-state index in [1.54, 1.807) is 4.92 Å². The fraction of sp³-hybridized carbons (Fsp3) is 1.00. The Morgan fingerprint density at radius 1 is 1.70 bits per heavy atom. The van der Waals surface area contributed by atoms with Crippen molar-refractivity contribution >= 4 is 17.2 Å². The summed E-state index contributed by atoms with van der Waals surface area (Å²) in [4.78, 5) is 1.61. The van der Waals surface area contributed by atoms with Crippen molar-refractivity contribution in [3.63, 3.8) is 0 Å². The molecule has 0 rings (SSSR count). The largest absolute Gasteiger partial charge is 0.292 e. The monoisotopic (exact) mass is 158 g/mol. The molecule has 2 atom stereocenters. The molecule has 0 aliphatic heterocycles. The number of unbranched alkanes of at least 4 members (excludes halogenated alkanes) is 1. The summed E-state index contributed by atoms with van der Waals surface area (Å²) >= 11 is 0. The third kappa shape index (κ3) is 5.22. The smallest absolute Gasteiger partial charge is 0.207 e. The van der Waals surface area contributed by atoms with Crippen molar-refractivity contribution < 1.29 is 0 Å². The first kappa shape index (κ1) is 10.4. The minimum absolute atomic E-state index is 0.289. The first-order chi connectivity index (χ1) is 4.68. The lowest BCUT2D eigenvalue weighted by atomic mass is 10.3. The Balaban J connectivity index is 3.13. The third-order valence-electron chi connectivity index (χ3n) is 1.26. The molecule has 0 aliphatic carbocycles. The van der Waals surface area contributed by atoms with Crippen molar-refractivity contribution in [1.29, 1.82) is 0 Å². The molecule has 0 bridgehead atoms. The zero-order chi connectivity index (χ0) is 7.98. The molecule has 10 heavy (non-hydrogen) atoms. The van der Waals surface area contributed by atoms with Gasteiger partial charge < -0.3 is 0 Å². The van der Waals surface area contributed by atoms with E-state index in [2.05, 4.69) is 21.6 Å². The maximum absolute atomic E-state index is 5.56. The summed E-state index contributed by atoms with van der Waals surface area (Å²) in [6.45, 7) is 5.14. The molecule has 0 heterocycles. The van der Waals surface area contributed by atoms with Gasteiger partial charge in [-0.15, -0.1) is 9.24 Å². The molecule has 2 unspecified atom stereocenters. The molecule has 0 saturated carbocycles. The minimum Gasteiger partial charge on any atom is -0.292 e. The van der Waals surface area contributed by atoms with E-state index in [1.807, 2.05) is 6.92 Å². The van der Waals surface area contributed by atoms with Gasteiger partial charge in [-0.25, -0.2) is 0 Å². The molecule has 2 nitrogen and oxygen atoms in total. The number of nitrogens with one attached hydrogen (secondary N) is 1. The van der Waals surface area contributed by atoms with Crippen molar-refractivity contribution in [2.24, 2.45) is 0 Å². The number of hydrazine groups is 1. The van der Waals surface area contributed by atoms with E-state index in [-0.39, 0.29) is 5.78 Å². The van der Waals surface area contributed by atoms with Crippen LogP contribution >= 0.6 is 9.24 Å². The Morgan fingerprint density at radius 3 is 2.70 bits per heavy atom. The van der Waals surface area contributed by atoms with Crippen LogP contribution in [0.2, 0.25) is 0 Å². The fourth-order valence-corrected chi connectivity index (χ4v) is 0.634. The summed E-state index contributed by atoms with van der Waals surface area (Å²) in [6.07, 6.45) is 2.37. The van der Waals surface area contributed by atoms with Crippen LogP contribution in [0.15, 0.2) is 0 Å². The van der Waals surface area contributed by atoms with Crippen LogP contribution in [0.25, 0.3) is 0 Å². The number of nitrogens with zero attached hydrogens (tertiary/aromatic N) is 1. The fourth-order valence-electron chi connectivity index (χ4n) is 0.529. The summed E-state index contributed by atoms with van der Waals surface area (Å²) in [6, 6.07) is 0. The molecule has 0 aromatic rings. The second-order valence-corrected chi connectivity index (χ2v) is 3.37. The van der Waals surface area contributed by atoms with Crippen LogP contribution in [0, 0.1) is 0 Å². The Kier molecular flexibility index (Phi) is 6.40. The van der Waals surface area contributed by atoms with Crippen LogP contribution < -0.4 is 5.43 Å². The van der Waals surface area contributed by atoms with E-state index in [0.717, 1.165) is 6.54 Å². The van der Waals surface area contributed by atoms with Crippen LogP contribution in [0.1, 0.15) is 26.7 Å². The summed E-state index contributed by atoms with van der Waals surface area (Å²) in [7, 11) is 8.18. The van der Waals surface area contributed by atoms with Crippen molar-refractivity contribution in [2.45, 2.75) is 32.5 Å². The van der Waals surface area contributed by atoms with Gasteiger partial charge in [0.05, 0.1) is 0 Å². The van der Waals surface area contributed by atoms with E-state index in [0.29, 0.717) is 0 Å². The van der Waals surface area contributed by atoms with E-state index >= 15 is 0 Å². The lowest BCUT2D eigenvalue weighted by Crippen LogP contribution is -2.39. The van der Waals surface area contributed by atoms with Crippen LogP contribution in [0.5, 0.6) is 0 Å². The van der Waals surface area contributed by atoms with Gasteiger partial charge in [0.1, 0.15) is 0 Å². The SMILES string of the molecule is [B]N(NCCCC)C(C)P. The molecule has 0 fully saturated rings. The normalized spacial score (nSPS) is 14.0. The molecular formula is C6H16BN2P. The highest BCUT2D eigenvalue weighted by Gasteiger charge is 1.98. The standard InChI is InChI=1S/C6H16BN2P/c1-3-4-5-8-9(7)6(2)10/h6,8H,3-5,10H2,1-2H3. The quantitative estimate of drug-likeness (QED) is 0.276. The van der Waals surface area contributed by atoms with Gasteiger partial charge in [0.25, 0.3) is 0 Å². The summed E-state index contributed by atoms with van der Waals surface area (Å²) in [5, 5.41) is 0. The third-order valence-corrected chi connectivity index (χ3v) is 1.58. The molecule has 0 aromatic carbocycles. The highest BCUT2D eigenvalue weighted by molar-refractivity contribution is 7.17. The second kappa shape index (κ2) is 6.15. The van der Waals surface area contributed by atoms with Gasteiger partial charge in [-0.2, -0.15) is 0 Å². The maximum Gasteiger partial charge on any atom is 0.207 e. The van der Waals surface area contributed by atoms with Gasteiger partial charge in [0, 0.05) is 12.3 Å². The molecule has 58 valence electrons. The maximum atomic E-state index is 5.56. The molecule has 0 aliphatic rings. The molecule has 4 heteroatoms. The summed E-state index contributed by atoms with van der Waals surface area (Å²) < 4.78 is 0. The predicted octanol–water partition coefficient (Wildman–Crippen LogP) is 0.898. The highest BCUT2D eigenvalue weighted by Crippen LogP contribution is 1.98. The molecular weight excluding hydrogens is 142 g/mol. The van der Waals surface area contributed by atoms with Crippen molar-refractivity contribution in [3.05, 3.63) is 0 Å². The minimum atomic E-state index is 0.289. The van der Waals surface area contributed by atoms with Crippen molar-refractivity contribution in [3.8, 4) is 0 Å². The van der Waals surface area contributed by atoms with E-state index in [9.17, 15) is 0 Å². The average molecular weight is 158 g/mol. The first-order valence-electron chi connectivity index (χ1n) is 3.71. The van der Waals surface area contributed by atoms with Gasteiger partial charge in [0.2, 0.25) is 7.98 Å². The topological polar surface area (TPSA) is 15.3 Å². The molecule has 1 N–H and O–H groups in total. The number of hydrogen-bond donors (Lipinski definition) is 1. The predicted molar refractivity (Wildman–Crippen MR) is 49.7 cm³/mol. The second-order valence-electron chi connectivity index (χ2n) is 2.41. The van der Waals surface area contributed by atoms with Crippen LogP contribution in [-0.2, 0) is 0 Å². The molecule has 0 aromatic heterocycles. The van der Waals surface area contributed by atoms with E-state index in [4.69, 9.17) is 7.98 Å². The lowest BCUT2D eigenvalue weighted by Gasteiger charge is -2.22. The number of hydrogen-bond acceptors (Lipinski definition) is 2. The van der Waals surface area contributed by atoms with Crippen molar-refractivity contribution in [2.75, 3.05) is 6.54 Å². The lowest BCUT2D eigenvalue weighted by molar-refractivity contribution is 0.326. The van der Waals surface area contributed by atoms with Crippen LogP contribution in [0.3, 0.4) is 0 Å². The average Bonchev–Trinajstić information content (AvgIpc) is 1.88. The van der Waals surface area contributed by atoms with Gasteiger partial charge in [-0.1, -0.05) is 13.3 Å². The van der Waals surface area contributed by atoms with Gasteiger partial charge in [-0.3, -0.25) is 10.3 Å². The van der Waals surface area contributed by atoms with Crippen LogP contribution in [0.4, 0.5) is 0 Å². The summed E-state index contributed by atoms with van der Waals surface area (Å²) in [5.41, 5.74) is 3.07. The van der Waals surface area contributed by atoms with Gasteiger partial charge in [0.15, 0.2) is 0 Å². The zero-order valence-electron chi connectivity index (χ0n) is 6.80. The van der Waals surface area contributed by atoms with Crippen LogP contribution in [-0.4, -0.2) is 25.2 Å². The highest BCUT2D eigenvalue weighted by atomic mass is 31.0. The molecule has 2 radical (unpaired) electrons. The van der Waals surface area contributed by atoms with Gasteiger partial charge >= 0.3 is 0 Å². The zero-order valence-corrected chi connectivity index (χ0v) is 7.96. The Bertz CT molecular complexity index is 80.1. The van der Waals surface area contributed by atoms with E-state index in [1.165, 1.54) is 12.8 Å². The Hall–Kier alpha value is 0.415. The molecule has 0 amide bonds. The Labute approximate surface area is 67.3 Å². The Morgan fingerprint density at radius 2 is 2.30 bits per heavy atom. The molecule has 0 saturated heterocycles.